The fourth-order valence-electron chi connectivity index (χ4n) is 2.78. The number of nitrogens with zero attached hydrogens (tertiary/aromatic N) is 2. The number of phenolic OH excluding ortho intramolecular Hbond substituents is 1. The summed E-state index contributed by atoms with van der Waals surface area (Å²) in [5.74, 6) is 0.0133. The summed E-state index contributed by atoms with van der Waals surface area (Å²) >= 11 is 0. The van der Waals surface area contributed by atoms with Crippen molar-refractivity contribution in [1.29, 1.82) is 5.26 Å². The van der Waals surface area contributed by atoms with Gasteiger partial charge in [0.25, 0.3) is 0 Å². The molecule has 2 aromatic rings. The minimum atomic E-state index is -0.704. The molecule has 0 radical (unpaired) electrons. The number of anilines is 1. The van der Waals surface area contributed by atoms with Gasteiger partial charge in [0.05, 0.1) is 12.2 Å². The van der Waals surface area contributed by atoms with Crippen LogP contribution in [0.5, 0.6) is 11.5 Å². The lowest BCUT2D eigenvalue weighted by Crippen LogP contribution is -2.08. The van der Waals surface area contributed by atoms with E-state index in [0.717, 1.165) is 12.0 Å². The van der Waals surface area contributed by atoms with Crippen LogP contribution in [0.4, 0.5) is 5.82 Å². The third-order valence-corrected chi connectivity index (χ3v) is 4.32. The smallest absolute Gasteiger partial charge is 0.350 e. The molecule has 0 unspecified atom stereocenters. The highest BCUT2D eigenvalue weighted by Crippen LogP contribution is 2.33. The number of ketones is 1. The molecule has 1 heterocycles. The van der Waals surface area contributed by atoms with Crippen LogP contribution >= 0.6 is 0 Å². The molecule has 162 valence electrons. The van der Waals surface area contributed by atoms with Crippen LogP contribution in [0.3, 0.4) is 0 Å². The number of aromatic nitrogens is 1. The summed E-state index contributed by atoms with van der Waals surface area (Å²) in [5.41, 5.74) is 1.50. The Hall–Kier alpha value is -3.86. The van der Waals surface area contributed by atoms with Crippen LogP contribution in [0.1, 0.15) is 48.7 Å². The molecule has 8 nitrogen and oxygen atoms in total. The molecule has 0 spiro atoms. The van der Waals surface area contributed by atoms with Crippen LogP contribution in [0.25, 0.3) is 0 Å². The predicted molar refractivity (Wildman–Crippen MR) is 115 cm³/mol. The predicted octanol–water partition coefficient (Wildman–Crippen LogP) is 3.90. The second-order valence-corrected chi connectivity index (χ2v) is 6.62. The highest BCUT2D eigenvalue weighted by atomic mass is 16.5. The van der Waals surface area contributed by atoms with E-state index in [9.17, 15) is 14.7 Å². The lowest BCUT2D eigenvalue weighted by molar-refractivity contribution is -0.138. The van der Waals surface area contributed by atoms with Crippen molar-refractivity contribution in [2.45, 2.75) is 40.2 Å². The minimum Gasteiger partial charge on any atom is -0.507 e. The Bertz CT molecular complexity index is 1010. The summed E-state index contributed by atoms with van der Waals surface area (Å²) in [6.45, 7) is 5.44. The normalized spacial score (nSPS) is 10.8. The van der Waals surface area contributed by atoms with E-state index in [0.29, 0.717) is 23.6 Å². The number of phenols is 1. The molecule has 0 aliphatic carbocycles. The number of hydrogen-bond donors (Lipinski definition) is 2. The summed E-state index contributed by atoms with van der Waals surface area (Å²) in [6, 6.07) is 8.48. The molecule has 8 heteroatoms. The molecule has 0 bridgehead atoms. The van der Waals surface area contributed by atoms with Gasteiger partial charge in [0, 0.05) is 23.5 Å². The maximum absolute atomic E-state index is 11.7. The summed E-state index contributed by atoms with van der Waals surface area (Å²) in [7, 11) is 0. The third kappa shape index (κ3) is 6.31. The Balaban J connectivity index is 2.07. The first-order chi connectivity index (χ1) is 14.9. The molecule has 0 aliphatic rings. The summed E-state index contributed by atoms with van der Waals surface area (Å²) in [6.07, 6.45) is 4.21. The second-order valence-electron chi connectivity index (χ2n) is 6.62. The number of carbonyl (C=O) groups is 2. The zero-order valence-electron chi connectivity index (χ0n) is 17.8. The number of nitrogens with one attached hydrogen (secondary N) is 1. The zero-order chi connectivity index (χ0) is 22.8. The standard InChI is InChI=1S/C23H25N3O5/c1-4-6-19-20(9-8-18(15(3)27)22(19)28)31-14-16-7-10-21(25-12-16)26-13-17(11-24)23(29)30-5-2/h7-10,12-13,28H,4-6,14H2,1-3H3,(H,25,26). The zero-order valence-corrected chi connectivity index (χ0v) is 17.8. The number of Topliss-reactive ketones (excluding diaryl/α,β-unsaturated/α-hetero) is 1. The van der Waals surface area contributed by atoms with Crippen molar-refractivity contribution in [3.63, 3.8) is 0 Å². The highest BCUT2D eigenvalue weighted by molar-refractivity contribution is 5.97. The van der Waals surface area contributed by atoms with Crippen LogP contribution in [-0.2, 0) is 22.6 Å². The Morgan fingerprint density at radius 3 is 2.61 bits per heavy atom. The monoisotopic (exact) mass is 423 g/mol. The molecule has 0 aliphatic heterocycles. The number of benzene rings is 1. The number of aromatic hydroxyl groups is 1. The van der Waals surface area contributed by atoms with E-state index in [1.807, 2.05) is 6.92 Å². The fraction of sp³-hybridized carbons (Fsp3) is 0.304. The molecule has 31 heavy (non-hydrogen) atoms. The van der Waals surface area contributed by atoms with Gasteiger partial charge in [0.1, 0.15) is 30.0 Å². The molecule has 2 N–H and O–H groups in total. The topological polar surface area (TPSA) is 122 Å². The van der Waals surface area contributed by atoms with Gasteiger partial charge in [-0.05, 0) is 38.5 Å². The maximum Gasteiger partial charge on any atom is 0.350 e. The van der Waals surface area contributed by atoms with Crippen LogP contribution in [-0.4, -0.2) is 28.4 Å². The molecule has 0 fully saturated rings. The van der Waals surface area contributed by atoms with Gasteiger partial charge >= 0.3 is 5.97 Å². The number of nitriles is 1. The molecule has 2 rings (SSSR count). The maximum atomic E-state index is 11.7. The second kappa shape index (κ2) is 11.4. The van der Waals surface area contributed by atoms with Crippen molar-refractivity contribution >= 4 is 17.6 Å². The van der Waals surface area contributed by atoms with E-state index in [2.05, 4.69) is 10.3 Å². The number of hydrogen-bond acceptors (Lipinski definition) is 8. The van der Waals surface area contributed by atoms with Gasteiger partial charge in [-0.25, -0.2) is 9.78 Å². The molecular formula is C23H25N3O5. The Labute approximate surface area is 181 Å². The molecule has 0 saturated carbocycles. The number of ether oxygens (including phenoxy) is 2. The van der Waals surface area contributed by atoms with Gasteiger partial charge in [-0.2, -0.15) is 5.26 Å². The lowest BCUT2D eigenvalue weighted by Gasteiger charge is -2.14. The van der Waals surface area contributed by atoms with E-state index >= 15 is 0 Å². The van der Waals surface area contributed by atoms with Gasteiger partial charge in [-0.1, -0.05) is 19.4 Å². The van der Waals surface area contributed by atoms with Crippen molar-refractivity contribution in [3.05, 3.63) is 58.9 Å². The number of carbonyl (C=O) groups excluding carboxylic acids is 2. The summed E-state index contributed by atoms with van der Waals surface area (Å²) < 4.78 is 10.6. The van der Waals surface area contributed by atoms with E-state index in [1.54, 1.807) is 43.5 Å². The van der Waals surface area contributed by atoms with Crippen molar-refractivity contribution in [2.75, 3.05) is 11.9 Å². The van der Waals surface area contributed by atoms with Gasteiger partial charge < -0.3 is 19.9 Å². The first-order valence-corrected chi connectivity index (χ1v) is 9.88. The average Bonchev–Trinajstić information content (AvgIpc) is 2.75. The Morgan fingerprint density at radius 1 is 1.26 bits per heavy atom. The van der Waals surface area contributed by atoms with E-state index in [-0.39, 0.29) is 35.9 Å². The van der Waals surface area contributed by atoms with Gasteiger partial charge in [0.15, 0.2) is 11.4 Å². The quantitative estimate of drug-likeness (QED) is 0.255. The Kier molecular flexibility index (Phi) is 8.58. The van der Waals surface area contributed by atoms with E-state index in [1.165, 1.54) is 13.1 Å². The van der Waals surface area contributed by atoms with Crippen molar-refractivity contribution < 1.29 is 24.2 Å². The summed E-state index contributed by atoms with van der Waals surface area (Å²) in [5, 5.41) is 22.2. The number of rotatable bonds is 10. The number of pyridine rings is 1. The molecule has 1 aromatic heterocycles. The van der Waals surface area contributed by atoms with Gasteiger partial charge in [0.2, 0.25) is 0 Å². The average molecular weight is 423 g/mol. The fourth-order valence-corrected chi connectivity index (χ4v) is 2.78. The first-order valence-electron chi connectivity index (χ1n) is 9.88. The van der Waals surface area contributed by atoms with Crippen LogP contribution in [0.15, 0.2) is 42.2 Å². The third-order valence-electron chi connectivity index (χ3n) is 4.32. The Morgan fingerprint density at radius 2 is 2.03 bits per heavy atom. The number of esters is 1. The SMILES string of the molecule is CCCc1c(OCc2ccc(NC=C(C#N)C(=O)OCC)nc2)ccc(C(C)=O)c1O. The minimum absolute atomic E-state index is 0.0359. The lowest BCUT2D eigenvalue weighted by atomic mass is 10.0. The van der Waals surface area contributed by atoms with E-state index < -0.39 is 5.97 Å². The molecule has 0 atom stereocenters. The van der Waals surface area contributed by atoms with Gasteiger partial charge in [-0.3, -0.25) is 4.79 Å². The highest BCUT2D eigenvalue weighted by Gasteiger charge is 2.16. The van der Waals surface area contributed by atoms with Crippen LogP contribution in [0.2, 0.25) is 0 Å². The first kappa shape index (κ1) is 23.4. The van der Waals surface area contributed by atoms with Crippen molar-refractivity contribution in [3.8, 4) is 17.6 Å². The van der Waals surface area contributed by atoms with Crippen molar-refractivity contribution in [1.82, 2.24) is 4.98 Å². The molecule has 1 aromatic carbocycles. The van der Waals surface area contributed by atoms with Gasteiger partial charge in [-0.15, -0.1) is 0 Å². The van der Waals surface area contributed by atoms with E-state index in [4.69, 9.17) is 14.7 Å². The molecule has 0 saturated heterocycles. The largest absolute Gasteiger partial charge is 0.507 e. The van der Waals surface area contributed by atoms with Crippen LogP contribution < -0.4 is 10.1 Å². The molecular weight excluding hydrogens is 398 g/mol. The van der Waals surface area contributed by atoms with Crippen LogP contribution in [0, 0.1) is 11.3 Å². The summed E-state index contributed by atoms with van der Waals surface area (Å²) in [4.78, 5) is 27.5. The molecule has 0 amide bonds. The van der Waals surface area contributed by atoms with Crippen molar-refractivity contribution in [2.24, 2.45) is 0 Å².